The van der Waals surface area contributed by atoms with Crippen LogP contribution in [0.2, 0.25) is 0 Å². The van der Waals surface area contributed by atoms with Crippen molar-refractivity contribution in [3.8, 4) is 11.1 Å². The van der Waals surface area contributed by atoms with E-state index in [9.17, 15) is 23.9 Å². The number of aromatic nitrogens is 2. The number of carboxylic acid groups (broad SMARTS) is 1. The molecule has 2 aromatic heterocycles. The van der Waals surface area contributed by atoms with E-state index in [1.54, 1.807) is 37.9 Å². The van der Waals surface area contributed by atoms with Gasteiger partial charge in [0.25, 0.3) is 5.91 Å². The number of halogens is 2. The minimum Gasteiger partial charge on any atom is -0.465 e. The summed E-state index contributed by atoms with van der Waals surface area (Å²) in [4.78, 5) is 44.9. The number of hydrogen-bond donors (Lipinski definition) is 2. The summed E-state index contributed by atoms with van der Waals surface area (Å²) < 4.78 is 38.2. The van der Waals surface area contributed by atoms with Crippen LogP contribution in [0.4, 0.5) is 23.5 Å². The number of thiazole rings is 1. The number of aryl methyl sites for hydroxylation is 1. The number of nitrogens with zero attached hydrogens (tertiary/aromatic N) is 4. The summed E-state index contributed by atoms with van der Waals surface area (Å²) in [5, 5.41) is 12.5. The summed E-state index contributed by atoms with van der Waals surface area (Å²) in [5.74, 6) is -1.61. The van der Waals surface area contributed by atoms with Gasteiger partial charge in [-0.15, -0.1) is 0 Å². The second-order valence-corrected chi connectivity index (χ2v) is 12.1. The normalized spacial score (nSPS) is 17.4. The highest BCUT2D eigenvalue weighted by atomic mass is 32.1. The largest absolute Gasteiger partial charge is 0.465 e. The topological polar surface area (TPSA) is 117 Å². The fourth-order valence-electron chi connectivity index (χ4n) is 5.60. The van der Waals surface area contributed by atoms with Gasteiger partial charge in [0.05, 0.1) is 27.3 Å². The Balaban J connectivity index is 1.44. The molecule has 1 saturated heterocycles. The number of ether oxygens (including phenoxy) is 1. The first-order valence-corrected chi connectivity index (χ1v) is 13.9. The highest BCUT2D eigenvalue weighted by molar-refractivity contribution is 7.22. The van der Waals surface area contributed by atoms with Gasteiger partial charge in [-0.1, -0.05) is 11.3 Å². The van der Waals surface area contributed by atoms with Crippen LogP contribution in [0.5, 0.6) is 0 Å². The van der Waals surface area contributed by atoms with E-state index >= 15 is 4.39 Å². The molecule has 1 atom stereocenters. The van der Waals surface area contributed by atoms with Crippen molar-refractivity contribution in [2.24, 2.45) is 0 Å². The van der Waals surface area contributed by atoms with Crippen molar-refractivity contribution in [3.05, 3.63) is 47.7 Å². The molecule has 6 rings (SSSR count). The first kappa shape index (κ1) is 26.9. The lowest BCUT2D eigenvalue weighted by Gasteiger charge is -2.41. The maximum atomic E-state index is 16.0. The fourth-order valence-corrected chi connectivity index (χ4v) is 6.48. The van der Waals surface area contributed by atoms with E-state index in [2.05, 4.69) is 10.3 Å². The predicted molar refractivity (Wildman–Crippen MR) is 149 cm³/mol. The predicted octanol–water partition coefficient (Wildman–Crippen LogP) is 5.75. The lowest BCUT2D eigenvalue weighted by atomic mass is 9.95. The minimum atomic E-state index is -1.03. The second kappa shape index (κ2) is 9.68. The molecule has 4 heterocycles. The van der Waals surface area contributed by atoms with E-state index in [1.165, 1.54) is 23.1 Å². The molecular formula is C28H27F2N5O5S. The van der Waals surface area contributed by atoms with Crippen molar-refractivity contribution in [1.29, 1.82) is 0 Å². The lowest BCUT2D eigenvalue weighted by Crippen LogP contribution is -2.57. The average Bonchev–Trinajstić information content (AvgIpc) is 3.50. The van der Waals surface area contributed by atoms with Gasteiger partial charge >= 0.3 is 12.2 Å². The fraction of sp³-hybridized carbons (Fsp3) is 0.357. The van der Waals surface area contributed by atoms with Crippen LogP contribution in [0.3, 0.4) is 0 Å². The standard InChI is InChI=1S/C28H27F2N5O5S/c1-28(2,3)40-26(37)32-25-31-21-15(4-5-18(29)23(21)41-25)20-16-7-9-33-8-6-14-13-34(27(38)39)10-11-35(14)24(36)17(22(16)33)12-19(20)30/h4-5,7,9,12,14H,6,8,10-11,13H2,1-3H3,(H,38,39)(H,31,32,37)/t14-/m0/s1. The Morgan fingerprint density at radius 2 is 1.90 bits per heavy atom. The van der Waals surface area contributed by atoms with Crippen molar-refractivity contribution < 1.29 is 33.0 Å². The van der Waals surface area contributed by atoms with Crippen LogP contribution in [0.15, 0.2) is 30.5 Å². The first-order valence-electron chi connectivity index (χ1n) is 13.1. The van der Waals surface area contributed by atoms with Crippen LogP contribution in [0.25, 0.3) is 32.2 Å². The molecule has 0 saturated carbocycles. The summed E-state index contributed by atoms with van der Waals surface area (Å²) in [5.41, 5.74) is 0.644. The number of carbonyl (C=O) groups excluding carboxylic acids is 2. The van der Waals surface area contributed by atoms with E-state index in [0.717, 1.165) is 11.3 Å². The highest BCUT2D eigenvalue weighted by Gasteiger charge is 2.36. The number of piperazine rings is 1. The van der Waals surface area contributed by atoms with Crippen molar-refractivity contribution in [3.63, 3.8) is 0 Å². The molecule has 0 bridgehead atoms. The summed E-state index contributed by atoms with van der Waals surface area (Å²) >= 11 is 0.911. The van der Waals surface area contributed by atoms with Gasteiger partial charge in [0.15, 0.2) is 5.13 Å². The highest BCUT2D eigenvalue weighted by Crippen LogP contribution is 2.42. The van der Waals surface area contributed by atoms with Gasteiger partial charge < -0.3 is 24.2 Å². The van der Waals surface area contributed by atoms with Crippen LogP contribution < -0.4 is 5.32 Å². The molecule has 0 aliphatic carbocycles. The van der Waals surface area contributed by atoms with Crippen molar-refractivity contribution in [1.82, 2.24) is 19.4 Å². The first-order chi connectivity index (χ1) is 19.4. The average molecular weight is 584 g/mol. The van der Waals surface area contributed by atoms with Gasteiger partial charge in [0, 0.05) is 48.9 Å². The number of rotatable bonds is 2. The number of amides is 3. The van der Waals surface area contributed by atoms with E-state index in [4.69, 9.17) is 4.74 Å². The van der Waals surface area contributed by atoms with Crippen molar-refractivity contribution in [2.45, 2.75) is 45.4 Å². The van der Waals surface area contributed by atoms with E-state index in [1.807, 2.05) is 4.57 Å². The maximum Gasteiger partial charge on any atom is 0.413 e. The Morgan fingerprint density at radius 3 is 2.63 bits per heavy atom. The molecule has 2 aliphatic heterocycles. The van der Waals surface area contributed by atoms with E-state index < -0.39 is 29.4 Å². The zero-order valence-electron chi connectivity index (χ0n) is 22.5. The third-order valence-electron chi connectivity index (χ3n) is 7.32. The molecule has 2 N–H and O–H groups in total. The minimum absolute atomic E-state index is 0.0996. The lowest BCUT2D eigenvalue weighted by molar-refractivity contribution is 0.0420. The smallest absolute Gasteiger partial charge is 0.413 e. The molecule has 13 heteroatoms. The van der Waals surface area contributed by atoms with E-state index in [-0.39, 0.29) is 58.1 Å². The molecule has 2 aromatic carbocycles. The van der Waals surface area contributed by atoms with Crippen LogP contribution >= 0.6 is 11.3 Å². The number of benzene rings is 2. The number of hydrogen-bond acceptors (Lipinski definition) is 6. The van der Waals surface area contributed by atoms with Crippen LogP contribution in [-0.4, -0.2) is 73.8 Å². The number of nitrogens with one attached hydrogen (secondary N) is 1. The van der Waals surface area contributed by atoms with Crippen LogP contribution in [-0.2, 0) is 11.3 Å². The Morgan fingerprint density at radius 1 is 1.12 bits per heavy atom. The van der Waals surface area contributed by atoms with Gasteiger partial charge in [-0.05, 0) is 51.5 Å². The molecule has 4 aromatic rings. The Kier molecular flexibility index (Phi) is 6.36. The summed E-state index contributed by atoms with van der Waals surface area (Å²) in [6.07, 6.45) is 0.521. The molecule has 0 radical (unpaired) electrons. The molecular weight excluding hydrogens is 556 g/mol. The Hall–Kier alpha value is -4.26. The molecule has 0 unspecified atom stereocenters. The zero-order chi connectivity index (χ0) is 29.2. The quantitative estimate of drug-likeness (QED) is 0.310. The van der Waals surface area contributed by atoms with Crippen molar-refractivity contribution >= 4 is 55.7 Å². The number of anilines is 1. The monoisotopic (exact) mass is 583 g/mol. The zero-order valence-corrected chi connectivity index (χ0v) is 23.3. The third-order valence-corrected chi connectivity index (χ3v) is 8.30. The molecule has 2 aliphatic rings. The van der Waals surface area contributed by atoms with Gasteiger partial charge in [0.1, 0.15) is 17.2 Å². The van der Waals surface area contributed by atoms with Crippen LogP contribution in [0.1, 0.15) is 37.6 Å². The van der Waals surface area contributed by atoms with E-state index in [0.29, 0.717) is 29.4 Å². The number of carbonyl (C=O) groups is 3. The number of fused-ring (bicyclic) bond motifs is 2. The summed E-state index contributed by atoms with van der Waals surface area (Å²) in [7, 11) is 0. The Labute approximate surface area is 237 Å². The second-order valence-electron chi connectivity index (χ2n) is 11.1. The van der Waals surface area contributed by atoms with Gasteiger partial charge in [-0.3, -0.25) is 10.1 Å². The summed E-state index contributed by atoms with van der Waals surface area (Å²) in [6.45, 7) is 6.22. The van der Waals surface area contributed by atoms with Crippen molar-refractivity contribution in [2.75, 3.05) is 25.0 Å². The molecule has 41 heavy (non-hydrogen) atoms. The van der Waals surface area contributed by atoms with Crippen LogP contribution in [0, 0.1) is 11.6 Å². The van der Waals surface area contributed by atoms with Gasteiger partial charge in [-0.2, -0.15) is 0 Å². The van der Waals surface area contributed by atoms with Gasteiger partial charge in [-0.25, -0.2) is 23.4 Å². The molecule has 214 valence electrons. The molecule has 1 fully saturated rings. The summed E-state index contributed by atoms with van der Waals surface area (Å²) in [6, 6.07) is 5.26. The SMILES string of the molecule is CC(C)(C)OC(=O)Nc1nc2c(-c3c(F)cc4c5c3ccn5CC[C@H]3CN(C(=O)O)CCN3C4=O)ccc(F)c2s1. The molecule has 0 spiro atoms. The Bertz CT molecular complexity index is 1740. The van der Waals surface area contributed by atoms with Gasteiger partial charge in [0.2, 0.25) is 0 Å². The molecule has 10 nitrogen and oxygen atoms in total. The molecule has 3 amide bonds. The maximum absolute atomic E-state index is 16.0. The third kappa shape index (κ3) is 4.73.